The van der Waals surface area contributed by atoms with Crippen LogP contribution in [0.5, 0.6) is 0 Å². The molecule has 20 heavy (non-hydrogen) atoms. The van der Waals surface area contributed by atoms with E-state index in [0.717, 1.165) is 34.0 Å². The second-order valence-electron chi connectivity index (χ2n) is 4.63. The van der Waals surface area contributed by atoms with E-state index < -0.39 is 0 Å². The fourth-order valence-electron chi connectivity index (χ4n) is 1.66. The van der Waals surface area contributed by atoms with Gasteiger partial charge in [0.05, 0.1) is 0 Å². The van der Waals surface area contributed by atoms with Crippen molar-refractivity contribution in [3.8, 4) is 0 Å². The summed E-state index contributed by atoms with van der Waals surface area (Å²) in [5.74, 6) is 0. The van der Waals surface area contributed by atoms with Crippen molar-refractivity contribution in [1.82, 2.24) is 0 Å². The van der Waals surface area contributed by atoms with Gasteiger partial charge < -0.3 is 0 Å². The fraction of sp³-hybridized carbons (Fsp3) is 1.00. The SMILES string of the molecule is COCCOCCCC([TeH])C([TeH])CCCOCCOC. The van der Waals surface area contributed by atoms with E-state index in [1.54, 1.807) is 14.2 Å². The van der Waals surface area contributed by atoms with Crippen LogP contribution < -0.4 is 0 Å². The van der Waals surface area contributed by atoms with Crippen molar-refractivity contribution in [2.75, 3.05) is 53.9 Å². The van der Waals surface area contributed by atoms with Gasteiger partial charge in [0.15, 0.2) is 0 Å². The first-order valence-corrected chi connectivity index (χ1v) is 10.2. The quantitative estimate of drug-likeness (QED) is 0.242. The van der Waals surface area contributed by atoms with E-state index in [9.17, 15) is 0 Å². The normalized spacial score (nSPS) is 14.4. The van der Waals surface area contributed by atoms with Crippen LogP contribution in [-0.4, -0.2) is 98.5 Å². The van der Waals surface area contributed by atoms with Crippen molar-refractivity contribution >= 4 is 44.6 Å². The number of hydrogen-bond donors (Lipinski definition) is 0. The molecule has 0 saturated carbocycles. The molecule has 0 aliphatic carbocycles. The van der Waals surface area contributed by atoms with Gasteiger partial charge in [0, 0.05) is 0 Å². The van der Waals surface area contributed by atoms with Gasteiger partial charge in [0.1, 0.15) is 0 Å². The zero-order valence-corrected chi connectivity index (χ0v) is 17.9. The molecule has 0 fully saturated rings. The third kappa shape index (κ3) is 14.4. The topological polar surface area (TPSA) is 36.9 Å². The third-order valence-corrected chi connectivity index (χ3v) is 8.50. The first-order chi connectivity index (χ1) is 9.72. The van der Waals surface area contributed by atoms with Crippen LogP contribution in [-0.2, 0) is 18.9 Å². The summed E-state index contributed by atoms with van der Waals surface area (Å²) in [4.78, 5) is 0. The minimum atomic E-state index is 0.695. The molecule has 6 heteroatoms. The Morgan fingerprint density at radius 1 is 0.650 bits per heavy atom. The first kappa shape index (κ1) is 21.4. The summed E-state index contributed by atoms with van der Waals surface area (Å²) in [5.41, 5.74) is 0. The second-order valence-corrected chi connectivity index (χ2v) is 8.42. The van der Waals surface area contributed by atoms with Crippen molar-refractivity contribution in [3.63, 3.8) is 0 Å². The van der Waals surface area contributed by atoms with Crippen molar-refractivity contribution in [2.45, 2.75) is 33.6 Å². The minimum absolute atomic E-state index is 0.695. The molecule has 0 aromatic carbocycles. The maximum absolute atomic E-state index is 5.49. The molecule has 0 radical (unpaired) electrons. The summed E-state index contributed by atoms with van der Waals surface area (Å²) >= 11 is 3.93. The van der Waals surface area contributed by atoms with E-state index in [-0.39, 0.29) is 0 Å². The van der Waals surface area contributed by atoms with Crippen LogP contribution in [0.1, 0.15) is 25.7 Å². The summed E-state index contributed by atoms with van der Waals surface area (Å²) in [7, 11) is 3.41. The van der Waals surface area contributed by atoms with Gasteiger partial charge in [-0.2, -0.15) is 0 Å². The number of hydrogen-bond acceptors (Lipinski definition) is 4. The molecule has 0 aliphatic rings. The van der Waals surface area contributed by atoms with E-state index in [2.05, 4.69) is 0 Å². The molecule has 122 valence electrons. The molecule has 0 rings (SSSR count). The molecule has 0 N–H and O–H groups in total. The molecule has 2 atom stereocenters. The van der Waals surface area contributed by atoms with Crippen molar-refractivity contribution in [2.24, 2.45) is 0 Å². The van der Waals surface area contributed by atoms with Crippen LogP contribution in [0.25, 0.3) is 0 Å². The summed E-state index contributed by atoms with van der Waals surface area (Å²) < 4.78 is 22.5. The van der Waals surface area contributed by atoms with E-state index in [0.29, 0.717) is 26.4 Å². The van der Waals surface area contributed by atoms with Gasteiger partial charge in [-0.25, -0.2) is 0 Å². The van der Waals surface area contributed by atoms with Gasteiger partial charge in [0.2, 0.25) is 0 Å². The summed E-state index contributed by atoms with van der Waals surface area (Å²) in [6.45, 7) is 4.54. The monoisotopic (exact) mass is 522 g/mol. The Morgan fingerprint density at radius 3 is 1.40 bits per heavy atom. The summed E-state index contributed by atoms with van der Waals surface area (Å²) in [6.07, 6.45) is 4.86. The van der Waals surface area contributed by atoms with Crippen LogP contribution in [0.3, 0.4) is 0 Å². The standard InChI is InChI=1S/C14H30O4Te2/c1-15-9-11-17-7-3-5-13(19)14(20)6-4-8-18-12-10-16-2/h13-14,19-20H,3-12H2,1-2H3. The molecular weight excluding hydrogens is 487 g/mol. The Hall–Kier alpha value is 1.42. The Morgan fingerprint density at radius 2 is 1.05 bits per heavy atom. The molecule has 0 aromatic heterocycles. The van der Waals surface area contributed by atoms with E-state index in [4.69, 9.17) is 18.9 Å². The van der Waals surface area contributed by atoms with Crippen LogP contribution in [0.4, 0.5) is 0 Å². The number of methoxy groups -OCH3 is 2. The molecule has 2 unspecified atom stereocenters. The molecular formula is C14H30O4Te2. The van der Waals surface area contributed by atoms with Gasteiger partial charge in [-0.15, -0.1) is 0 Å². The molecule has 0 amide bonds. The van der Waals surface area contributed by atoms with E-state index in [1.807, 2.05) is 44.6 Å². The molecule has 0 spiro atoms. The van der Waals surface area contributed by atoms with Crippen LogP contribution in [0.15, 0.2) is 0 Å². The Balaban J connectivity index is 3.35. The third-order valence-electron chi connectivity index (χ3n) is 2.88. The molecule has 0 aromatic rings. The Labute approximate surface area is 150 Å². The molecule has 0 saturated heterocycles. The van der Waals surface area contributed by atoms with Crippen LogP contribution in [0, 0.1) is 0 Å². The molecule has 0 aliphatic heterocycles. The molecule has 4 nitrogen and oxygen atoms in total. The molecule has 0 bridgehead atoms. The first-order valence-electron chi connectivity index (χ1n) is 7.21. The predicted molar refractivity (Wildman–Crippen MR) is 85.7 cm³/mol. The van der Waals surface area contributed by atoms with E-state index in [1.165, 1.54) is 12.8 Å². The zero-order chi connectivity index (χ0) is 15.1. The van der Waals surface area contributed by atoms with Gasteiger partial charge >= 0.3 is 151 Å². The average molecular weight is 518 g/mol. The second kappa shape index (κ2) is 16.8. The fourth-order valence-corrected chi connectivity index (χ4v) is 3.56. The Bertz CT molecular complexity index is 176. The molecule has 0 heterocycles. The predicted octanol–water partition coefficient (Wildman–Crippen LogP) is 1.25. The van der Waals surface area contributed by atoms with E-state index >= 15 is 0 Å². The van der Waals surface area contributed by atoms with Gasteiger partial charge in [-0.3, -0.25) is 0 Å². The number of ether oxygens (including phenoxy) is 4. The summed E-state index contributed by atoms with van der Waals surface area (Å²) in [6, 6.07) is 0. The summed E-state index contributed by atoms with van der Waals surface area (Å²) in [5, 5.41) is 0. The zero-order valence-electron chi connectivity index (χ0n) is 12.8. The Kier molecular flexibility index (Phi) is 18.0. The van der Waals surface area contributed by atoms with Gasteiger partial charge in [-0.1, -0.05) is 0 Å². The van der Waals surface area contributed by atoms with Crippen LogP contribution in [0.2, 0.25) is 7.93 Å². The van der Waals surface area contributed by atoms with Crippen molar-refractivity contribution < 1.29 is 18.9 Å². The maximum atomic E-state index is 5.49. The van der Waals surface area contributed by atoms with Crippen molar-refractivity contribution in [1.29, 1.82) is 0 Å². The van der Waals surface area contributed by atoms with Crippen LogP contribution >= 0.6 is 0 Å². The van der Waals surface area contributed by atoms with Gasteiger partial charge in [0.25, 0.3) is 0 Å². The number of rotatable bonds is 15. The average Bonchev–Trinajstić information content (AvgIpc) is 2.45. The van der Waals surface area contributed by atoms with Gasteiger partial charge in [-0.05, 0) is 0 Å². The van der Waals surface area contributed by atoms with Crippen molar-refractivity contribution in [3.05, 3.63) is 0 Å².